The van der Waals surface area contributed by atoms with Gasteiger partial charge in [0.1, 0.15) is 23.2 Å². The van der Waals surface area contributed by atoms with E-state index in [0.29, 0.717) is 0 Å². The highest BCUT2D eigenvalue weighted by Crippen LogP contribution is 2.23. The van der Waals surface area contributed by atoms with Crippen LogP contribution in [-0.4, -0.2) is 54.7 Å². The number of likely N-dealkylation sites (N-methyl/N-ethyl adjacent to an activating group) is 1. The summed E-state index contributed by atoms with van der Waals surface area (Å²) in [4.78, 5) is 13.9. The minimum Gasteiger partial charge on any atom is -0.497 e. The Morgan fingerprint density at radius 1 is 1.12 bits per heavy atom. The normalized spacial score (nSPS) is 15.4. The summed E-state index contributed by atoms with van der Waals surface area (Å²) in [7, 11) is 1.67. The van der Waals surface area contributed by atoms with Crippen molar-refractivity contribution >= 4 is 17.3 Å². The van der Waals surface area contributed by atoms with Crippen molar-refractivity contribution in [2.24, 2.45) is 0 Å². The van der Waals surface area contributed by atoms with E-state index in [1.54, 1.807) is 7.11 Å². The lowest BCUT2D eigenvalue weighted by atomic mass is 10.3. The van der Waals surface area contributed by atoms with E-state index in [2.05, 4.69) is 32.0 Å². The maximum Gasteiger partial charge on any atom is 0.136 e. The van der Waals surface area contributed by atoms with Gasteiger partial charge in [-0.25, -0.2) is 9.97 Å². The van der Waals surface area contributed by atoms with Gasteiger partial charge in [0.15, 0.2) is 0 Å². The Kier molecular flexibility index (Phi) is 5.15. The fraction of sp³-hybridized carbons (Fsp3) is 0.444. The fourth-order valence-corrected chi connectivity index (χ4v) is 2.92. The smallest absolute Gasteiger partial charge is 0.136 e. The number of anilines is 3. The van der Waals surface area contributed by atoms with Crippen molar-refractivity contribution in [3.63, 3.8) is 0 Å². The number of benzene rings is 1. The third-order valence-corrected chi connectivity index (χ3v) is 4.31. The molecule has 0 radical (unpaired) electrons. The molecule has 1 N–H and O–H groups in total. The lowest BCUT2D eigenvalue weighted by molar-refractivity contribution is 0.270. The molecule has 0 aliphatic carbocycles. The second kappa shape index (κ2) is 7.49. The average Bonchev–Trinajstić information content (AvgIpc) is 2.61. The van der Waals surface area contributed by atoms with E-state index in [1.807, 2.05) is 37.3 Å². The summed E-state index contributed by atoms with van der Waals surface area (Å²) < 4.78 is 5.27. The Bertz CT molecular complexity index is 683. The Morgan fingerprint density at radius 2 is 1.92 bits per heavy atom. The molecule has 6 nitrogen and oxygen atoms in total. The van der Waals surface area contributed by atoms with Gasteiger partial charge in [-0.2, -0.15) is 0 Å². The first kappa shape index (κ1) is 16.5. The molecule has 0 unspecified atom stereocenters. The van der Waals surface area contributed by atoms with Crippen molar-refractivity contribution in [2.45, 2.75) is 13.8 Å². The van der Waals surface area contributed by atoms with Gasteiger partial charge in [0, 0.05) is 44.0 Å². The molecule has 1 aliphatic heterocycles. The summed E-state index contributed by atoms with van der Waals surface area (Å²) in [6.07, 6.45) is 0. The van der Waals surface area contributed by atoms with Crippen LogP contribution in [0.5, 0.6) is 5.75 Å². The van der Waals surface area contributed by atoms with Crippen LogP contribution in [0.4, 0.5) is 17.3 Å². The molecular formula is C18H25N5O. The molecule has 0 atom stereocenters. The van der Waals surface area contributed by atoms with Gasteiger partial charge in [0.2, 0.25) is 0 Å². The minimum atomic E-state index is 0.774. The van der Waals surface area contributed by atoms with Crippen LogP contribution in [0, 0.1) is 6.92 Å². The molecule has 128 valence electrons. The van der Waals surface area contributed by atoms with Crippen LogP contribution in [0.1, 0.15) is 12.7 Å². The largest absolute Gasteiger partial charge is 0.497 e. The van der Waals surface area contributed by atoms with Crippen molar-refractivity contribution in [3.8, 4) is 5.75 Å². The molecule has 1 saturated heterocycles. The number of methoxy groups -OCH3 is 1. The van der Waals surface area contributed by atoms with E-state index in [-0.39, 0.29) is 0 Å². The summed E-state index contributed by atoms with van der Waals surface area (Å²) >= 11 is 0. The molecule has 2 aromatic rings. The zero-order valence-corrected chi connectivity index (χ0v) is 14.6. The van der Waals surface area contributed by atoms with E-state index in [9.17, 15) is 0 Å². The van der Waals surface area contributed by atoms with Gasteiger partial charge in [0.05, 0.1) is 7.11 Å². The number of aryl methyl sites for hydroxylation is 1. The molecule has 0 saturated carbocycles. The molecule has 6 heteroatoms. The van der Waals surface area contributed by atoms with Crippen LogP contribution in [-0.2, 0) is 0 Å². The van der Waals surface area contributed by atoms with Gasteiger partial charge in [-0.3, -0.25) is 0 Å². The van der Waals surface area contributed by atoms with Crippen molar-refractivity contribution in [3.05, 3.63) is 36.2 Å². The number of hydrogen-bond donors (Lipinski definition) is 1. The SMILES string of the molecule is CCN1CCN(c2cc(Nc3cccc(OC)c3)nc(C)n2)CC1. The van der Waals surface area contributed by atoms with Crippen LogP contribution in [0.3, 0.4) is 0 Å². The number of nitrogens with zero attached hydrogens (tertiary/aromatic N) is 4. The van der Waals surface area contributed by atoms with E-state index in [4.69, 9.17) is 4.74 Å². The van der Waals surface area contributed by atoms with E-state index in [0.717, 1.165) is 61.6 Å². The molecule has 1 aromatic carbocycles. The van der Waals surface area contributed by atoms with Crippen molar-refractivity contribution in [1.29, 1.82) is 0 Å². The lowest BCUT2D eigenvalue weighted by Gasteiger charge is -2.34. The summed E-state index contributed by atoms with van der Waals surface area (Å²) in [5.74, 6) is 3.39. The first-order valence-corrected chi connectivity index (χ1v) is 8.42. The van der Waals surface area contributed by atoms with Crippen LogP contribution >= 0.6 is 0 Å². The van der Waals surface area contributed by atoms with Gasteiger partial charge in [0.25, 0.3) is 0 Å². The molecule has 0 amide bonds. The molecule has 3 rings (SSSR count). The van der Waals surface area contributed by atoms with E-state index in [1.165, 1.54) is 0 Å². The zero-order chi connectivity index (χ0) is 16.9. The molecule has 2 heterocycles. The molecule has 0 bridgehead atoms. The number of piperazine rings is 1. The van der Waals surface area contributed by atoms with Crippen molar-refractivity contribution < 1.29 is 4.74 Å². The van der Waals surface area contributed by atoms with Crippen LogP contribution in [0.15, 0.2) is 30.3 Å². The van der Waals surface area contributed by atoms with Crippen LogP contribution in [0.2, 0.25) is 0 Å². The first-order chi connectivity index (χ1) is 11.7. The Labute approximate surface area is 143 Å². The highest BCUT2D eigenvalue weighted by molar-refractivity contribution is 5.61. The van der Waals surface area contributed by atoms with Gasteiger partial charge < -0.3 is 19.9 Å². The zero-order valence-electron chi connectivity index (χ0n) is 14.6. The Hall–Kier alpha value is -2.34. The highest BCUT2D eigenvalue weighted by atomic mass is 16.5. The monoisotopic (exact) mass is 327 g/mol. The van der Waals surface area contributed by atoms with E-state index < -0.39 is 0 Å². The number of rotatable bonds is 5. The van der Waals surface area contributed by atoms with Gasteiger partial charge in [-0.05, 0) is 25.6 Å². The highest BCUT2D eigenvalue weighted by Gasteiger charge is 2.17. The van der Waals surface area contributed by atoms with Crippen molar-refractivity contribution in [2.75, 3.05) is 50.1 Å². The molecule has 1 aliphatic rings. The third kappa shape index (κ3) is 3.94. The van der Waals surface area contributed by atoms with E-state index >= 15 is 0 Å². The summed E-state index contributed by atoms with van der Waals surface area (Å²) in [5, 5.41) is 3.35. The van der Waals surface area contributed by atoms with Gasteiger partial charge in [-0.1, -0.05) is 13.0 Å². The second-order valence-corrected chi connectivity index (χ2v) is 5.94. The summed E-state index contributed by atoms with van der Waals surface area (Å²) in [6.45, 7) is 9.42. The average molecular weight is 327 g/mol. The fourth-order valence-electron chi connectivity index (χ4n) is 2.92. The Balaban J connectivity index is 1.76. The lowest BCUT2D eigenvalue weighted by Crippen LogP contribution is -2.46. The quantitative estimate of drug-likeness (QED) is 0.911. The number of nitrogens with one attached hydrogen (secondary N) is 1. The topological polar surface area (TPSA) is 53.5 Å². The minimum absolute atomic E-state index is 0.774. The maximum atomic E-state index is 5.27. The number of aromatic nitrogens is 2. The summed E-state index contributed by atoms with van der Waals surface area (Å²) in [5.41, 5.74) is 0.953. The standard InChI is InChI=1S/C18H25N5O/c1-4-22-8-10-23(11-9-22)18-13-17(19-14(2)20-18)21-15-6-5-7-16(12-15)24-3/h5-7,12-13H,4,8-11H2,1-3H3,(H,19,20,21). The maximum absolute atomic E-state index is 5.27. The van der Waals surface area contributed by atoms with Crippen LogP contribution in [0.25, 0.3) is 0 Å². The number of ether oxygens (including phenoxy) is 1. The molecule has 1 fully saturated rings. The molecule has 1 aromatic heterocycles. The predicted octanol–water partition coefficient (Wildman–Crippen LogP) is 2.68. The van der Waals surface area contributed by atoms with Crippen LogP contribution < -0.4 is 15.0 Å². The molecule has 0 spiro atoms. The Morgan fingerprint density at radius 3 is 2.62 bits per heavy atom. The van der Waals surface area contributed by atoms with Gasteiger partial charge >= 0.3 is 0 Å². The molecular weight excluding hydrogens is 302 g/mol. The third-order valence-electron chi connectivity index (χ3n) is 4.31. The molecule has 24 heavy (non-hydrogen) atoms. The summed E-state index contributed by atoms with van der Waals surface area (Å²) in [6, 6.07) is 9.86. The number of hydrogen-bond acceptors (Lipinski definition) is 6. The van der Waals surface area contributed by atoms with Gasteiger partial charge in [-0.15, -0.1) is 0 Å². The first-order valence-electron chi connectivity index (χ1n) is 8.42. The second-order valence-electron chi connectivity index (χ2n) is 5.94. The predicted molar refractivity (Wildman–Crippen MR) is 97.4 cm³/mol. The van der Waals surface area contributed by atoms with Crippen molar-refractivity contribution in [1.82, 2.24) is 14.9 Å².